The normalized spacial score (nSPS) is 18.5. The lowest BCUT2D eigenvalue weighted by Gasteiger charge is -2.24. The number of nitrogens with one attached hydrogen (secondary N) is 2. The Morgan fingerprint density at radius 1 is 1.12 bits per heavy atom. The maximum absolute atomic E-state index is 12.8. The third-order valence-electron chi connectivity index (χ3n) is 4.65. The Labute approximate surface area is 155 Å². The fraction of sp³-hybridized carbons (Fsp3) is 0.316. The molecule has 1 fully saturated rings. The van der Waals surface area contributed by atoms with Crippen LogP contribution in [0.4, 0.5) is 0 Å². The van der Waals surface area contributed by atoms with E-state index in [1.54, 1.807) is 28.4 Å². The first kappa shape index (κ1) is 16.8. The molecule has 1 aliphatic carbocycles. The molecule has 4 rings (SSSR count). The number of rotatable bonds is 6. The van der Waals surface area contributed by atoms with Crippen molar-refractivity contribution < 1.29 is 14.4 Å². The van der Waals surface area contributed by atoms with Gasteiger partial charge in [0.25, 0.3) is 5.91 Å². The zero-order valence-electron chi connectivity index (χ0n) is 14.1. The van der Waals surface area contributed by atoms with Crippen molar-refractivity contribution in [3.63, 3.8) is 0 Å². The van der Waals surface area contributed by atoms with Gasteiger partial charge in [0, 0.05) is 16.5 Å². The minimum atomic E-state index is -0.642. The Bertz CT molecular complexity index is 845. The minimum absolute atomic E-state index is 0.0922. The SMILES string of the molecule is O=C(CNC(=O)[C@H]1c2ccccc2C(=O)N1C1CC1)NCc1cccs1. The van der Waals surface area contributed by atoms with Gasteiger partial charge in [0.05, 0.1) is 13.1 Å². The van der Waals surface area contributed by atoms with Crippen molar-refractivity contribution in [2.45, 2.75) is 31.5 Å². The fourth-order valence-electron chi connectivity index (χ4n) is 3.26. The zero-order chi connectivity index (χ0) is 18.1. The highest BCUT2D eigenvalue weighted by Gasteiger charge is 2.47. The fourth-order valence-corrected chi connectivity index (χ4v) is 3.90. The van der Waals surface area contributed by atoms with Crippen LogP contribution in [0.1, 0.15) is 39.7 Å². The maximum Gasteiger partial charge on any atom is 0.255 e. The van der Waals surface area contributed by atoms with E-state index in [4.69, 9.17) is 0 Å². The van der Waals surface area contributed by atoms with Gasteiger partial charge in [-0.3, -0.25) is 14.4 Å². The molecule has 2 aromatic rings. The summed E-state index contributed by atoms with van der Waals surface area (Å²) < 4.78 is 0. The lowest BCUT2D eigenvalue weighted by atomic mass is 10.0. The van der Waals surface area contributed by atoms with E-state index >= 15 is 0 Å². The van der Waals surface area contributed by atoms with Crippen molar-refractivity contribution in [1.29, 1.82) is 0 Å². The number of amides is 3. The van der Waals surface area contributed by atoms with Crippen LogP contribution in [0.15, 0.2) is 41.8 Å². The van der Waals surface area contributed by atoms with Gasteiger partial charge < -0.3 is 15.5 Å². The van der Waals surface area contributed by atoms with Gasteiger partial charge in [0.1, 0.15) is 6.04 Å². The molecule has 1 aromatic carbocycles. The number of carbonyl (C=O) groups is 3. The van der Waals surface area contributed by atoms with E-state index < -0.39 is 6.04 Å². The van der Waals surface area contributed by atoms with Crippen molar-refractivity contribution in [1.82, 2.24) is 15.5 Å². The molecule has 2 heterocycles. The summed E-state index contributed by atoms with van der Waals surface area (Å²) in [6, 6.07) is 10.6. The number of hydrogen-bond donors (Lipinski definition) is 2. The van der Waals surface area contributed by atoms with Gasteiger partial charge >= 0.3 is 0 Å². The van der Waals surface area contributed by atoms with Crippen LogP contribution in [0.25, 0.3) is 0 Å². The Morgan fingerprint density at radius 3 is 2.65 bits per heavy atom. The van der Waals surface area contributed by atoms with E-state index in [0.717, 1.165) is 23.3 Å². The molecule has 0 unspecified atom stereocenters. The van der Waals surface area contributed by atoms with Gasteiger partial charge in [-0.15, -0.1) is 11.3 Å². The first-order chi connectivity index (χ1) is 12.6. The molecule has 1 saturated carbocycles. The summed E-state index contributed by atoms with van der Waals surface area (Å²) in [4.78, 5) is 40.1. The molecule has 6 nitrogen and oxygen atoms in total. The average molecular weight is 369 g/mol. The van der Waals surface area contributed by atoms with Gasteiger partial charge in [-0.1, -0.05) is 24.3 Å². The summed E-state index contributed by atoms with van der Waals surface area (Å²) in [7, 11) is 0. The van der Waals surface area contributed by atoms with Crippen LogP contribution < -0.4 is 10.6 Å². The summed E-state index contributed by atoms with van der Waals surface area (Å²) >= 11 is 1.57. The van der Waals surface area contributed by atoms with Gasteiger partial charge in [-0.25, -0.2) is 0 Å². The topological polar surface area (TPSA) is 78.5 Å². The Hall–Kier alpha value is -2.67. The van der Waals surface area contributed by atoms with Crippen LogP contribution in [0.2, 0.25) is 0 Å². The van der Waals surface area contributed by atoms with E-state index in [0.29, 0.717) is 12.1 Å². The predicted octanol–water partition coefficient (Wildman–Crippen LogP) is 1.84. The lowest BCUT2D eigenvalue weighted by molar-refractivity contribution is -0.129. The monoisotopic (exact) mass is 369 g/mol. The molecular weight excluding hydrogens is 350 g/mol. The molecule has 26 heavy (non-hydrogen) atoms. The van der Waals surface area contributed by atoms with Crippen LogP contribution in [0.5, 0.6) is 0 Å². The first-order valence-corrected chi connectivity index (χ1v) is 9.51. The van der Waals surface area contributed by atoms with Gasteiger partial charge in [0.15, 0.2) is 0 Å². The number of benzene rings is 1. The number of hydrogen-bond acceptors (Lipinski definition) is 4. The van der Waals surface area contributed by atoms with Crippen molar-refractivity contribution in [2.24, 2.45) is 0 Å². The molecule has 0 saturated heterocycles. The predicted molar refractivity (Wildman–Crippen MR) is 97.5 cm³/mol. The third kappa shape index (κ3) is 3.22. The molecule has 2 aliphatic rings. The van der Waals surface area contributed by atoms with E-state index in [9.17, 15) is 14.4 Å². The third-order valence-corrected chi connectivity index (χ3v) is 5.53. The molecular formula is C19H19N3O3S. The van der Waals surface area contributed by atoms with Crippen LogP contribution in [-0.4, -0.2) is 35.2 Å². The minimum Gasteiger partial charge on any atom is -0.350 e. The summed E-state index contributed by atoms with van der Waals surface area (Å²) in [5.74, 6) is -0.644. The molecule has 1 atom stereocenters. The van der Waals surface area contributed by atoms with Gasteiger partial charge in [-0.2, -0.15) is 0 Å². The summed E-state index contributed by atoms with van der Waals surface area (Å²) in [6.07, 6.45) is 1.84. The standard InChI is InChI=1S/C19H19N3O3S/c23-16(20-10-13-4-3-9-26-13)11-21-18(24)17-14-5-1-2-6-15(14)19(25)22(17)12-7-8-12/h1-6,9,12,17H,7-8,10-11H2,(H,20,23)(H,21,24)/t17-/m1/s1. The van der Waals surface area contributed by atoms with Crippen LogP contribution in [0.3, 0.4) is 0 Å². The van der Waals surface area contributed by atoms with Crippen LogP contribution in [-0.2, 0) is 16.1 Å². The summed E-state index contributed by atoms with van der Waals surface area (Å²) in [5.41, 5.74) is 1.31. The summed E-state index contributed by atoms with van der Waals surface area (Å²) in [5, 5.41) is 7.42. The molecule has 134 valence electrons. The second-order valence-corrected chi connectivity index (χ2v) is 7.54. The van der Waals surface area contributed by atoms with E-state index in [1.165, 1.54) is 0 Å². The molecule has 3 amide bonds. The zero-order valence-corrected chi connectivity index (χ0v) is 14.9. The van der Waals surface area contributed by atoms with Gasteiger partial charge in [-0.05, 0) is 35.9 Å². The molecule has 0 spiro atoms. The molecule has 2 N–H and O–H groups in total. The van der Waals surface area contributed by atoms with Crippen LogP contribution in [0, 0.1) is 0 Å². The van der Waals surface area contributed by atoms with Gasteiger partial charge in [0.2, 0.25) is 11.8 Å². The Balaban J connectivity index is 1.40. The first-order valence-electron chi connectivity index (χ1n) is 8.63. The average Bonchev–Trinajstić information content (AvgIpc) is 3.26. The largest absolute Gasteiger partial charge is 0.350 e. The number of thiophene rings is 1. The number of carbonyl (C=O) groups excluding carboxylic acids is 3. The highest BCUT2D eigenvalue weighted by molar-refractivity contribution is 7.09. The Morgan fingerprint density at radius 2 is 1.92 bits per heavy atom. The second kappa shape index (κ2) is 6.92. The van der Waals surface area contributed by atoms with Crippen molar-refractivity contribution >= 4 is 29.1 Å². The molecule has 7 heteroatoms. The second-order valence-electron chi connectivity index (χ2n) is 6.51. The number of nitrogens with zero attached hydrogens (tertiary/aromatic N) is 1. The highest BCUT2D eigenvalue weighted by atomic mass is 32.1. The summed E-state index contributed by atoms with van der Waals surface area (Å²) in [6.45, 7) is 0.348. The highest BCUT2D eigenvalue weighted by Crippen LogP contribution is 2.41. The van der Waals surface area contributed by atoms with E-state index in [1.807, 2.05) is 29.6 Å². The molecule has 0 bridgehead atoms. The molecule has 1 aromatic heterocycles. The van der Waals surface area contributed by atoms with Crippen LogP contribution >= 0.6 is 11.3 Å². The van der Waals surface area contributed by atoms with E-state index in [2.05, 4.69) is 10.6 Å². The number of fused-ring (bicyclic) bond motifs is 1. The van der Waals surface area contributed by atoms with Crippen molar-refractivity contribution in [3.8, 4) is 0 Å². The molecule has 0 radical (unpaired) electrons. The Kier molecular flexibility index (Phi) is 4.46. The molecule has 1 aliphatic heterocycles. The maximum atomic E-state index is 12.8. The lowest BCUT2D eigenvalue weighted by Crippen LogP contribution is -2.43. The van der Waals surface area contributed by atoms with Crippen molar-refractivity contribution in [3.05, 3.63) is 57.8 Å². The van der Waals surface area contributed by atoms with E-state index in [-0.39, 0.29) is 30.3 Å². The van der Waals surface area contributed by atoms with Crippen molar-refractivity contribution in [2.75, 3.05) is 6.54 Å². The quantitative estimate of drug-likeness (QED) is 0.816. The smallest absolute Gasteiger partial charge is 0.255 e.